The van der Waals surface area contributed by atoms with Crippen LogP contribution in [0.4, 0.5) is 13.2 Å². The molecule has 1 saturated carbocycles. The molecule has 2 aromatic rings. The van der Waals surface area contributed by atoms with Crippen LogP contribution in [0.5, 0.6) is 0 Å². The third kappa shape index (κ3) is 3.15. The number of hydrogen-bond donors (Lipinski definition) is 0. The predicted octanol–water partition coefficient (Wildman–Crippen LogP) is 5.30. The molecule has 0 aliphatic heterocycles. The van der Waals surface area contributed by atoms with Crippen molar-refractivity contribution in [2.45, 2.75) is 24.9 Å². The monoisotopic (exact) mass is 424 g/mol. The van der Waals surface area contributed by atoms with Crippen LogP contribution in [-0.4, -0.2) is 9.97 Å². The van der Waals surface area contributed by atoms with Crippen molar-refractivity contribution in [2.75, 3.05) is 0 Å². The third-order valence-corrected chi connectivity index (χ3v) is 4.90. The highest BCUT2D eigenvalue weighted by atomic mass is 127. The molecular weight excluding hydrogens is 416 g/mol. The molecule has 1 fully saturated rings. The Kier molecular flexibility index (Phi) is 3.85. The number of rotatable bonds is 2. The largest absolute Gasteiger partial charge is 0.416 e. The van der Waals surface area contributed by atoms with Crippen molar-refractivity contribution in [1.82, 2.24) is 9.97 Å². The molecule has 0 unspecified atom stereocenters. The maximum atomic E-state index is 12.8. The Labute approximate surface area is 137 Å². The molecule has 21 heavy (non-hydrogen) atoms. The van der Waals surface area contributed by atoms with Gasteiger partial charge in [-0.05, 0) is 47.6 Å². The SMILES string of the molecule is FC(F)(F)c1cccc(-c2nc(Cl)c(I)c(C3CC3)n2)c1. The maximum absolute atomic E-state index is 12.8. The number of nitrogens with zero attached hydrogens (tertiary/aromatic N) is 2. The van der Waals surface area contributed by atoms with Crippen LogP contribution >= 0.6 is 34.2 Å². The fraction of sp³-hybridized carbons (Fsp3) is 0.286. The summed E-state index contributed by atoms with van der Waals surface area (Å²) in [7, 11) is 0. The smallest absolute Gasteiger partial charge is 0.232 e. The maximum Gasteiger partial charge on any atom is 0.416 e. The van der Waals surface area contributed by atoms with E-state index in [9.17, 15) is 13.2 Å². The van der Waals surface area contributed by atoms with E-state index in [1.54, 1.807) is 6.07 Å². The molecule has 7 heteroatoms. The van der Waals surface area contributed by atoms with Crippen molar-refractivity contribution in [3.8, 4) is 11.4 Å². The van der Waals surface area contributed by atoms with E-state index in [1.807, 2.05) is 0 Å². The molecular formula is C14H9ClF3IN2. The van der Waals surface area contributed by atoms with E-state index in [-0.39, 0.29) is 5.82 Å². The van der Waals surface area contributed by atoms with Gasteiger partial charge < -0.3 is 0 Å². The highest BCUT2D eigenvalue weighted by Gasteiger charge is 2.32. The van der Waals surface area contributed by atoms with Crippen molar-refractivity contribution >= 4 is 34.2 Å². The quantitative estimate of drug-likeness (QED) is 0.483. The number of halogens is 5. The summed E-state index contributed by atoms with van der Waals surface area (Å²) in [5.74, 6) is 0.593. The first-order chi connectivity index (χ1) is 9.86. The lowest BCUT2D eigenvalue weighted by Gasteiger charge is -2.10. The standard InChI is InChI=1S/C14H9ClF3IN2/c15-12-10(19)11(7-4-5-7)20-13(21-12)8-2-1-3-9(6-8)14(16,17)18/h1-3,6-7H,4-5H2. The van der Waals surface area contributed by atoms with Gasteiger partial charge in [0.1, 0.15) is 5.15 Å². The number of aromatic nitrogens is 2. The number of alkyl halides is 3. The summed E-state index contributed by atoms with van der Waals surface area (Å²) in [5.41, 5.74) is 0.444. The van der Waals surface area contributed by atoms with Gasteiger partial charge >= 0.3 is 6.18 Å². The second kappa shape index (κ2) is 5.39. The van der Waals surface area contributed by atoms with Crippen molar-refractivity contribution in [1.29, 1.82) is 0 Å². The van der Waals surface area contributed by atoms with Crippen LogP contribution in [0.15, 0.2) is 24.3 Å². The average Bonchev–Trinajstić information content (AvgIpc) is 3.25. The summed E-state index contributed by atoms with van der Waals surface area (Å²) in [4.78, 5) is 8.53. The third-order valence-electron chi connectivity index (χ3n) is 3.25. The van der Waals surface area contributed by atoms with E-state index in [2.05, 4.69) is 32.6 Å². The van der Waals surface area contributed by atoms with Gasteiger partial charge in [-0.15, -0.1) is 0 Å². The zero-order valence-electron chi connectivity index (χ0n) is 10.6. The molecule has 0 spiro atoms. The van der Waals surface area contributed by atoms with E-state index >= 15 is 0 Å². The lowest BCUT2D eigenvalue weighted by atomic mass is 10.1. The molecule has 0 bridgehead atoms. The minimum Gasteiger partial charge on any atom is -0.232 e. The van der Waals surface area contributed by atoms with Crippen molar-refractivity contribution < 1.29 is 13.2 Å². The van der Waals surface area contributed by atoms with Gasteiger partial charge in [0.25, 0.3) is 0 Å². The summed E-state index contributed by atoms with van der Waals surface area (Å²) in [6, 6.07) is 4.99. The summed E-state index contributed by atoms with van der Waals surface area (Å²) in [6.45, 7) is 0. The highest BCUT2D eigenvalue weighted by Crippen LogP contribution is 2.43. The molecule has 0 radical (unpaired) electrons. The molecule has 1 aliphatic carbocycles. The first-order valence-corrected chi connectivity index (χ1v) is 7.72. The number of benzene rings is 1. The van der Waals surface area contributed by atoms with Gasteiger partial charge in [0, 0.05) is 11.5 Å². The lowest BCUT2D eigenvalue weighted by Crippen LogP contribution is -2.05. The molecule has 1 aliphatic rings. The van der Waals surface area contributed by atoms with Gasteiger partial charge in [0.15, 0.2) is 5.82 Å². The normalized spacial score (nSPS) is 15.3. The topological polar surface area (TPSA) is 25.8 Å². The molecule has 0 saturated heterocycles. The Hall–Kier alpha value is -0.890. The molecule has 1 heterocycles. The Balaban J connectivity index is 2.08. The molecule has 1 aromatic heterocycles. The van der Waals surface area contributed by atoms with Crippen LogP contribution < -0.4 is 0 Å². The fourth-order valence-corrected chi connectivity index (χ4v) is 2.89. The van der Waals surface area contributed by atoms with E-state index in [0.717, 1.165) is 34.2 Å². The van der Waals surface area contributed by atoms with E-state index < -0.39 is 11.7 Å². The Morgan fingerprint density at radius 1 is 1.19 bits per heavy atom. The molecule has 3 rings (SSSR count). The first kappa shape index (κ1) is 15.0. The van der Waals surface area contributed by atoms with Crippen LogP contribution in [0.2, 0.25) is 5.15 Å². The average molecular weight is 425 g/mol. The van der Waals surface area contributed by atoms with E-state index in [0.29, 0.717) is 16.6 Å². The van der Waals surface area contributed by atoms with Crippen LogP contribution in [0.3, 0.4) is 0 Å². The van der Waals surface area contributed by atoms with Crippen LogP contribution in [-0.2, 0) is 6.18 Å². The van der Waals surface area contributed by atoms with Gasteiger partial charge in [0.05, 0.1) is 14.8 Å². The summed E-state index contributed by atoms with van der Waals surface area (Å²) in [6.07, 6.45) is -2.32. The van der Waals surface area contributed by atoms with E-state index in [4.69, 9.17) is 11.6 Å². The predicted molar refractivity (Wildman–Crippen MR) is 82.2 cm³/mol. The molecule has 1 aromatic carbocycles. The van der Waals surface area contributed by atoms with Gasteiger partial charge in [-0.25, -0.2) is 9.97 Å². The second-order valence-electron chi connectivity index (χ2n) is 4.89. The van der Waals surface area contributed by atoms with Crippen molar-refractivity contribution in [2.24, 2.45) is 0 Å². The second-order valence-corrected chi connectivity index (χ2v) is 6.33. The van der Waals surface area contributed by atoms with Gasteiger partial charge in [0.2, 0.25) is 0 Å². The van der Waals surface area contributed by atoms with Crippen molar-refractivity contribution in [3.63, 3.8) is 0 Å². The van der Waals surface area contributed by atoms with Gasteiger partial charge in [-0.1, -0.05) is 23.7 Å². The molecule has 110 valence electrons. The minimum absolute atomic E-state index is 0.244. The zero-order chi connectivity index (χ0) is 15.2. The molecule has 0 atom stereocenters. The summed E-state index contributed by atoms with van der Waals surface area (Å²) in [5, 5.41) is 0.292. The molecule has 0 N–H and O–H groups in total. The van der Waals surface area contributed by atoms with Crippen LogP contribution in [0.1, 0.15) is 30.0 Å². The first-order valence-electron chi connectivity index (χ1n) is 6.27. The summed E-state index contributed by atoms with van der Waals surface area (Å²) < 4.78 is 39.1. The van der Waals surface area contributed by atoms with Crippen LogP contribution in [0.25, 0.3) is 11.4 Å². The Morgan fingerprint density at radius 3 is 2.52 bits per heavy atom. The van der Waals surface area contributed by atoms with Gasteiger partial charge in [-0.3, -0.25) is 0 Å². The fourth-order valence-electron chi connectivity index (χ4n) is 2.03. The van der Waals surface area contributed by atoms with Crippen molar-refractivity contribution in [3.05, 3.63) is 44.2 Å². The number of hydrogen-bond acceptors (Lipinski definition) is 2. The van der Waals surface area contributed by atoms with Crippen LogP contribution in [0, 0.1) is 3.57 Å². The lowest BCUT2D eigenvalue weighted by molar-refractivity contribution is -0.137. The zero-order valence-corrected chi connectivity index (χ0v) is 13.5. The van der Waals surface area contributed by atoms with E-state index in [1.165, 1.54) is 6.07 Å². The van der Waals surface area contributed by atoms with Gasteiger partial charge in [-0.2, -0.15) is 13.2 Å². The Morgan fingerprint density at radius 2 is 1.90 bits per heavy atom. The molecule has 0 amide bonds. The summed E-state index contributed by atoms with van der Waals surface area (Å²) >= 11 is 8.17. The minimum atomic E-state index is -4.39. The Bertz CT molecular complexity index is 699. The molecule has 2 nitrogen and oxygen atoms in total. The highest BCUT2D eigenvalue weighted by molar-refractivity contribution is 14.1.